The molecule has 1 aromatic carbocycles. The number of carbonyl (C=O) groups is 2. The van der Waals surface area contributed by atoms with E-state index in [1.165, 1.54) is 4.31 Å². The van der Waals surface area contributed by atoms with Crippen LogP contribution in [0.25, 0.3) is 0 Å². The Labute approximate surface area is 160 Å². The van der Waals surface area contributed by atoms with E-state index in [1.54, 1.807) is 16.9 Å². The quantitative estimate of drug-likeness (QED) is 0.555. The summed E-state index contributed by atoms with van der Waals surface area (Å²) in [5.41, 5.74) is 0.921. The monoisotopic (exact) mass is 397 g/mol. The number of amides is 2. The summed E-state index contributed by atoms with van der Waals surface area (Å²) < 4.78 is 30.8. The Kier molecular flexibility index (Phi) is 7.61. The van der Waals surface area contributed by atoms with E-state index in [4.69, 9.17) is 4.74 Å². The number of hydrogen-bond donors (Lipinski definition) is 0. The van der Waals surface area contributed by atoms with Crippen LogP contribution in [-0.4, -0.2) is 87.5 Å². The zero-order valence-electron chi connectivity index (χ0n) is 15.8. The molecule has 1 saturated heterocycles. The number of carbonyl (C=O) groups excluding carboxylic acids is 2. The average molecular weight is 397 g/mol. The highest BCUT2D eigenvalue weighted by Gasteiger charge is 2.23. The number of rotatable bonds is 9. The third kappa shape index (κ3) is 6.21. The van der Waals surface area contributed by atoms with Crippen LogP contribution in [0.2, 0.25) is 0 Å². The molecule has 2 rings (SSSR count). The van der Waals surface area contributed by atoms with E-state index in [9.17, 15) is 18.0 Å². The molecule has 0 radical (unpaired) electrons. The van der Waals surface area contributed by atoms with Gasteiger partial charge in [-0.15, -0.1) is 0 Å². The Morgan fingerprint density at radius 2 is 1.85 bits per heavy atom. The number of nitrogens with zero attached hydrogens (tertiary/aromatic N) is 3. The lowest BCUT2D eigenvalue weighted by molar-refractivity contribution is -0.135. The van der Waals surface area contributed by atoms with Gasteiger partial charge in [0.15, 0.2) is 0 Å². The molecule has 1 aromatic rings. The third-order valence-electron chi connectivity index (χ3n) is 4.68. The predicted octanol–water partition coefficient (Wildman–Crippen LogP) is 0.190. The SMILES string of the molecule is COc1ccccc1CCN(CCC(=O)N1CCN(C=O)CC1)S(C)(=O)=O. The molecule has 1 fully saturated rings. The highest BCUT2D eigenvalue weighted by Crippen LogP contribution is 2.18. The van der Waals surface area contributed by atoms with Crippen LogP contribution in [0.4, 0.5) is 0 Å². The molecule has 0 spiro atoms. The van der Waals surface area contributed by atoms with Crippen molar-refractivity contribution in [1.29, 1.82) is 0 Å². The minimum absolute atomic E-state index is 0.0912. The van der Waals surface area contributed by atoms with Gasteiger partial charge >= 0.3 is 0 Å². The molecule has 0 N–H and O–H groups in total. The van der Waals surface area contributed by atoms with Crippen molar-refractivity contribution in [3.8, 4) is 5.75 Å². The molecule has 1 aliphatic rings. The van der Waals surface area contributed by atoms with Gasteiger partial charge < -0.3 is 14.5 Å². The fourth-order valence-electron chi connectivity index (χ4n) is 3.05. The summed E-state index contributed by atoms with van der Waals surface area (Å²) in [6.45, 7) is 2.42. The topological polar surface area (TPSA) is 87.2 Å². The van der Waals surface area contributed by atoms with Crippen LogP contribution < -0.4 is 4.74 Å². The Morgan fingerprint density at radius 1 is 1.19 bits per heavy atom. The first-order valence-electron chi connectivity index (χ1n) is 8.89. The molecule has 0 bridgehead atoms. The van der Waals surface area contributed by atoms with Gasteiger partial charge in [-0.2, -0.15) is 0 Å². The maximum absolute atomic E-state index is 12.4. The summed E-state index contributed by atoms with van der Waals surface area (Å²) in [7, 11) is -1.85. The number of piperazine rings is 1. The van der Waals surface area contributed by atoms with Crippen LogP contribution in [0.1, 0.15) is 12.0 Å². The van der Waals surface area contributed by atoms with E-state index in [2.05, 4.69) is 0 Å². The Balaban J connectivity index is 1.91. The fourth-order valence-corrected chi connectivity index (χ4v) is 3.90. The van der Waals surface area contributed by atoms with Crippen LogP contribution in [0.5, 0.6) is 5.75 Å². The minimum Gasteiger partial charge on any atom is -0.496 e. The highest BCUT2D eigenvalue weighted by molar-refractivity contribution is 7.88. The van der Waals surface area contributed by atoms with E-state index in [0.717, 1.165) is 24.0 Å². The summed E-state index contributed by atoms with van der Waals surface area (Å²) in [6.07, 6.45) is 2.57. The second-order valence-electron chi connectivity index (χ2n) is 6.50. The van der Waals surface area contributed by atoms with E-state index in [0.29, 0.717) is 32.6 Å². The molecule has 27 heavy (non-hydrogen) atoms. The Morgan fingerprint density at radius 3 is 2.44 bits per heavy atom. The lowest BCUT2D eigenvalue weighted by Crippen LogP contribution is -2.48. The summed E-state index contributed by atoms with van der Waals surface area (Å²) >= 11 is 0. The number of hydrogen-bond acceptors (Lipinski definition) is 5. The summed E-state index contributed by atoms with van der Waals surface area (Å²) in [4.78, 5) is 26.4. The molecule has 150 valence electrons. The largest absolute Gasteiger partial charge is 0.496 e. The van der Waals surface area contributed by atoms with E-state index in [-0.39, 0.29) is 25.4 Å². The third-order valence-corrected chi connectivity index (χ3v) is 5.99. The lowest BCUT2D eigenvalue weighted by atomic mass is 10.1. The molecule has 0 saturated carbocycles. The molecule has 8 nitrogen and oxygen atoms in total. The molecule has 9 heteroatoms. The average Bonchev–Trinajstić information content (AvgIpc) is 2.67. The van der Waals surface area contributed by atoms with Crippen LogP contribution in [0, 0.1) is 0 Å². The van der Waals surface area contributed by atoms with Crippen LogP contribution >= 0.6 is 0 Å². The van der Waals surface area contributed by atoms with Gasteiger partial charge in [-0.05, 0) is 18.1 Å². The van der Waals surface area contributed by atoms with Crippen LogP contribution in [0.3, 0.4) is 0 Å². The van der Waals surface area contributed by atoms with Crippen molar-refractivity contribution < 1.29 is 22.7 Å². The van der Waals surface area contributed by atoms with Gasteiger partial charge in [0.05, 0.1) is 13.4 Å². The molecule has 0 unspecified atom stereocenters. The van der Waals surface area contributed by atoms with Crippen molar-refractivity contribution in [1.82, 2.24) is 14.1 Å². The van der Waals surface area contributed by atoms with Crippen molar-refractivity contribution in [2.45, 2.75) is 12.8 Å². The van der Waals surface area contributed by atoms with E-state index >= 15 is 0 Å². The summed E-state index contributed by atoms with van der Waals surface area (Å²) in [5, 5.41) is 0. The van der Waals surface area contributed by atoms with Crippen LogP contribution in [-0.2, 0) is 26.0 Å². The minimum atomic E-state index is -3.43. The van der Waals surface area contributed by atoms with Gasteiger partial charge in [0.2, 0.25) is 22.3 Å². The van der Waals surface area contributed by atoms with E-state index in [1.807, 2.05) is 24.3 Å². The number of sulfonamides is 1. The number of benzene rings is 1. The van der Waals surface area contributed by atoms with Crippen molar-refractivity contribution >= 4 is 22.3 Å². The highest BCUT2D eigenvalue weighted by atomic mass is 32.2. The Hall–Kier alpha value is -2.13. The molecular weight excluding hydrogens is 370 g/mol. The maximum Gasteiger partial charge on any atom is 0.224 e. The maximum atomic E-state index is 12.4. The first-order chi connectivity index (χ1) is 12.8. The Bertz CT molecular complexity index is 745. The van der Waals surface area contributed by atoms with Crippen molar-refractivity contribution in [2.75, 3.05) is 52.6 Å². The number of methoxy groups -OCH3 is 1. The first-order valence-corrected chi connectivity index (χ1v) is 10.7. The van der Waals surface area contributed by atoms with Crippen LogP contribution in [0.15, 0.2) is 24.3 Å². The zero-order valence-corrected chi connectivity index (χ0v) is 16.7. The van der Waals surface area contributed by atoms with Gasteiger partial charge in [0.25, 0.3) is 0 Å². The van der Waals surface area contributed by atoms with Crippen molar-refractivity contribution in [2.24, 2.45) is 0 Å². The smallest absolute Gasteiger partial charge is 0.224 e. The normalized spacial score (nSPS) is 15.1. The van der Waals surface area contributed by atoms with E-state index < -0.39 is 10.0 Å². The van der Waals surface area contributed by atoms with Gasteiger partial charge in [0.1, 0.15) is 5.75 Å². The first kappa shape index (κ1) is 21.2. The molecule has 0 aliphatic carbocycles. The van der Waals surface area contributed by atoms with Gasteiger partial charge in [-0.25, -0.2) is 12.7 Å². The van der Waals surface area contributed by atoms with Gasteiger partial charge in [-0.1, -0.05) is 18.2 Å². The summed E-state index contributed by atoms with van der Waals surface area (Å²) in [6, 6.07) is 7.48. The molecule has 2 amide bonds. The molecule has 0 aromatic heterocycles. The molecular formula is C18H27N3O5S. The number of ether oxygens (including phenoxy) is 1. The second kappa shape index (κ2) is 9.70. The number of para-hydroxylation sites is 1. The second-order valence-corrected chi connectivity index (χ2v) is 8.48. The fraction of sp³-hybridized carbons (Fsp3) is 0.556. The molecule has 1 heterocycles. The molecule has 0 atom stereocenters. The summed E-state index contributed by atoms with van der Waals surface area (Å²) in [5.74, 6) is 0.626. The van der Waals surface area contributed by atoms with Crippen molar-refractivity contribution in [3.63, 3.8) is 0 Å². The van der Waals surface area contributed by atoms with Gasteiger partial charge in [-0.3, -0.25) is 9.59 Å². The standard InChI is InChI=1S/C18H27N3O5S/c1-26-17-6-4-3-5-16(17)7-9-21(27(2,24)25)10-8-18(23)20-13-11-19(15-22)12-14-20/h3-6,15H,7-14H2,1-2H3. The lowest BCUT2D eigenvalue weighted by Gasteiger charge is -2.33. The molecule has 1 aliphatic heterocycles. The van der Waals surface area contributed by atoms with Crippen molar-refractivity contribution in [3.05, 3.63) is 29.8 Å². The van der Waals surface area contributed by atoms with Gasteiger partial charge in [0, 0.05) is 45.7 Å². The predicted molar refractivity (Wildman–Crippen MR) is 102 cm³/mol. The zero-order chi connectivity index (χ0) is 19.9.